The Kier molecular flexibility index (Phi) is 7.39. The SMILES string of the molecule is Cc1ccnc(NCc2cn(-c3ccc(C[C@H](NC(=O)c4c(C)cccc4C)C(=O)O)cc3)nn2)c1. The zero-order valence-electron chi connectivity index (χ0n) is 20.4. The van der Waals surface area contributed by atoms with Gasteiger partial charge in [-0.25, -0.2) is 14.5 Å². The summed E-state index contributed by atoms with van der Waals surface area (Å²) in [5.41, 5.74) is 5.55. The molecule has 0 aliphatic heterocycles. The van der Waals surface area contributed by atoms with E-state index in [4.69, 9.17) is 0 Å². The lowest BCUT2D eigenvalue weighted by Gasteiger charge is -2.17. The minimum Gasteiger partial charge on any atom is -0.480 e. The first-order chi connectivity index (χ1) is 17.3. The fourth-order valence-electron chi connectivity index (χ4n) is 3.94. The number of pyridine rings is 1. The number of carboxylic acid groups (broad SMARTS) is 1. The van der Waals surface area contributed by atoms with Gasteiger partial charge in [0.1, 0.15) is 17.6 Å². The van der Waals surface area contributed by atoms with Crippen molar-refractivity contribution >= 4 is 17.7 Å². The van der Waals surface area contributed by atoms with Gasteiger partial charge in [-0.3, -0.25) is 4.79 Å². The van der Waals surface area contributed by atoms with Crippen LogP contribution in [-0.2, 0) is 17.8 Å². The Morgan fingerprint density at radius 2 is 1.75 bits per heavy atom. The molecule has 9 nitrogen and oxygen atoms in total. The number of carboxylic acids is 1. The maximum Gasteiger partial charge on any atom is 0.326 e. The summed E-state index contributed by atoms with van der Waals surface area (Å²) in [4.78, 5) is 28.9. The number of carbonyl (C=O) groups is 2. The molecule has 184 valence electrons. The van der Waals surface area contributed by atoms with Crippen LogP contribution >= 0.6 is 0 Å². The molecule has 0 aliphatic carbocycles. The zero-order chi connectivity index (χ0) is 25.7. The predicted molar refractivity (Wildman–Crippen MR) is 136 cm³/mol. The minimum atomic E-state index is -1.09. The highest BCUT2D eigenvalue weighted by Crippen LogP contribution is 2.15. The van der Waals surface area contributed by atoms with E-state index in [1.54, 1.807) is 10.9 Å². The van der Waals surface area contributed by atoms with Crippen LogP contribution in [0.3, 0.4) is 0 Å². The zero-order valence-corrected chi connectivity index (χ0v) is 20.4. The summed E-state index contributed by atoms with van der Waals surface area (Å²) in [6.45, 7) is 6.16. The molecule has 0 radical (unpaired) electrons. The van der Waals surface area contributed by atoms with Crippen LogP contribution in [0.15, 0.2) is 67.0 Å². The fraction of sp³-hybridized carbons (Fsp3) is 0.222. The Hall–Kier alpha value is -4.53. The van der Waals surface area contributed by atoms with Gasteiger partial charge >= 0.3 is 5.97 Å². The normalized spacial score (nSPS) is 11.6. The number of anilines is 1. The van der Waals surface area contributed by atoms with Crippen LogP contribution in [0.25, 0.3) is 5.69 Å². The van der Waals surface area contributed by atoms with E-state index in [1.165, 1.54) is 0 Å². The molecule has 2 heterocycles. The summed E-state index contributed by atoms with van der Waals surface area (Å²) >= 11 is 0. The Morgan fingerprint density at radius 3 is 2.42 bits per heavy atom. The number of aliphatic carboxylic acids is 1. The Balaban J connectivity index is 1.40. The fourth-order valence-corrected chi connectivity index (χ4v) is 3.94. The number of nitrogens with one attached hydrogen (secondary N) is 2. The van der Waals surface area contributed by atoms with E-state index in [9.17, 15) is 14.7 Å². The number of rotatable bonds is 9. The van der Waals surface area contributed by atoms with Crippen molar-refractivity contribution in [3.8, 4) is 5.69 Å². The second-order valence-electron chi connectivity index (χ2n) is 8.73. The van der Waals surface area contributed by atoms with Crippen molar-refractivity contribution < 1.29 is 14.7 Å². The molecule has 0 bridgehead atoms. The Bertz CT molecular complexity index is 1360. The van der Waals surface area contributed by atoms with Gasteiger partial charge in [-0.05, 0) is 67.3 Å². The maximum absolute atomic E-state index is 12.8. The smallest absolute Gasteiger partial charge is 0.326 e. The molecule has 2 aromatic heterocycles. The van der Waals surface area contributed by atoms with E-state index >= 15 is 0 Å². The molecule has 4 rings (SSSR count). The molecule has 0 unspecified atom stereocenters. The topological polar surface area (TPSA) is 122 Å². The molecule has 0 saturated heterocycles. The summed E-state index contributed by atoms with van der Waals surface area (Å²) in [6.07, 6.45) is 3.73. The van der Waals surface area contributed by atoms with Crippen LogP contribution < -0.4 is 10.6 Å². The van der Waals surface area contributed by atoms with Gasteiger partial charge in [-0.15, -0.1) is 5.10 Å². The average molecular weight is 485 g/mol. The van der Waals surface area contributed by atoms with Crippen molar-refractivity contribution in [1.29, 1.82) is 0 Å². The lowest BCUT2D eigenvalue weighted by Crippen LogP contribution is -2.42. The molecule has 2 aromatic carbocycles. The Labute approximate surface area is 209 Å². The molecule has 0 saturated carbocycles. The standard InChI is InChI=1S/C27H28N6O3/c1-17-11-12-28-24(13-17)29-15-21-16-33(32-31-21)22-9-7-20(8-10-22)14-23(27(35)36)30-26(34)25-18(2)5-4-6-19(25)3/h4-13,16,23H,14-15H2,1-3H3,(H,28,29)(H,30,34)(H,35,36)/t23-/m0/s1. The number of hydrogen-bond acceptors (Lipinski definition) is 6. The molecule has 3 N–H and O–H groups in total. The summed E-state index contributed by atoms with van der Waals surface area (Å²) in [5, 5.41) is 24.0. The van der Waals surface area contributed by atoms with Crippen molar-refractivity contribution in [2.75, 3.05) is 5.32 Å². The summed E-state index contributed by atoms with van der Waals surface area (Å²) in [5.74, 6) is -0.707. The first kappa shape index (κ1) is 24.6. The maximum atomic E-state index is 12.8. The summed E-state index contributed by atoms with van der Waals surface area (Å²) in [6, 6.07) is 15.7. The van der Waals surface area contributed by atoms with Crippen molar-refractivity contribution in [3.63, 3.8) is 0 Å². The van der Waals surface area contributed by atoms with E-state index in [0.717, 1.165) is 39.5 Å². The van der Waals surface area contributed by atoms with Gasteiger partial charge < -0.3 is 15.7 Å². The van der Waals surface area contributed by atoms with Gasteiger partial charge in [0.25, 0.3) is 5.91 Å². The number of hydrogen-bond donors (Lipinski definition) is 3. The number of aromatic nitrogens is 4. The summed E-state index contributed by atoms with van der Waals surface area (Å²) in [7, 11) is 0. The van der Waals surface area contributed by atoms with E-state index in [-0.39, 0.29) is 12.3 Å². The van der Waals surface area contributed by atoms with Gasteiger partial charge in [-0.1, -0.05) is 35.5 Å². The van der Waals surface area contributed by atoms with Crippen molar-refractivity contribution in [1.82, 2.24) is 25.3 Å². The molecule has 1 atom stereocenters. The first-order valence-electron chi connectivity index (χ1n) is 11.6. The lowest BCUT2D eigenvalue weighted by molar-refractivity contribution is -0.139. The molecule has 36 heavy (non-hydrogen) atoms. The molecule has 1 amide bonds. The molecular formula is C27H28N6O3. The number of amides is 1. The first-order valence-corrected chi connectivity index (χ1v) is 11.6. The monoisotopic (exact) mass is 484 g/mol. The van der Waals surface area contributed by atoms with Crippen LogP contribution in [0.5, 0.6) is 0 Å². The number of aryl methyl sites for hydroxylation is 3. The van der Waals surface area contributed by atoms with E-state index in [0.29, 0.717) is 12.1 Å². The summed E-state index contributed by atoms with van der Waals surface area (Å²) < 4.78 is 1.65. The van der Waals surface area contributed by atoms with Crippen LogP contribution in [0.1, 0.15) is 38.3 Å². The van der Waals surface area contributed by atoms with Crippen LogP contribution in [0.4, 0.5) is 5.82 Å². The number of carbonyl (C=O) groups excluding carboxylic acids is 1. The second-order valence-corrected chi connectivity index (χ2v) is 8.73. The van der Waals surface area contributed by atoms with Gasteiger partial charge in [0.15, 0.2) is 0 Å². The predicted octanol–water partition coefficient (Wildman–Crippen LogP) is 3.63. The van der Waals surface area contributed by atoms with Crippen LogP contribution in [0.2, 0.25) is 0 Å². The molecule has 9 heteroatoms. The third-order valence-electron chi connectivity index (χ3n) is 5.86. The van der Waals surface area contributed by atoms with E-state index < -0.39 is 12.0 Å². The molecule has 0 fully saturated rings. The van der Waals surface area contributed by atoms with Gasteiger partial charge in [0.2, 0.25) is 0 Å². The van der Waals surface area contributed by atoms with Crippen molar-refractivity contribution in [2.24, 2.45) is 0 Å². The van der Waals surface area contributed by atoms with Gasteiger partial charge in [0, 0.05) is 18.2 Å². The van der Waals surface area contributed by atoms with E-state index in [2.05, 4.69) is 25.9 Å². The minimum absolute atomic E-state index is 0.155. The number of nitrogens with zero attached hydrogens (tertiary/aromatic N) is 4. The van der Waals surface area contributed by atoms with E-state index in [1.807, 2.05) is 81.6 Å². The molecular weight excluding hydrogens is 456 g/mol. The van der Waals surface area contributed by atoms with Gasteiger partial charge in [0.05, 0.1) is 18.4 Å². The Morgan fingerprint density at radius 1 is 1.03 bits per heavy atom. The quantitative estimate of drug-likeness (QED) is 0.332. The van der Waals surface area contributed by atoms with Crippen molar-refractivity contribution in [3.05, 3.63) is 101 Å². The molecule has 0 aliphatic rings. The average Bonchev–Trinajstić information content (AvgIpc) is 3.32. The second kappa shape index (κ2) is 10.8. The largest absolute Gasteiger partial charge is 0.480 e. The highest BCUT2D eigenvalue weighted by molar-refractivity contribution is 5.99. The van der Waals surface area contributed by atoms with Gasteiger partial charge in [-0.2, -0.15) is 0 Å². The van der Waals surface area contributed by atoms with Crippen LogP contribution in [-0.4, -0.2) is 43.0 Å². The molecule has 0 spiro atoms. The highest BCUT2D eigenvalue weighted by Gasteiger charge is 2.23. The van der Waals surface area contributed by atoms with Crippen molar-refractivity contribution in [2.45, 2.75) is 39.8 Å². The third kappa shape index (κ3) is 5.93. The lowest BCUT2D eigenvalue weighted by atomic mass is 10.0. The molecule has 4 aromatic rings. The third-order valence-corrected chi connectivity index (χ3v) is 5.86. The van der Waals surface area contributed by atoms with Crippen LogP contribution in [0, 0.1) is 20.8 Å². The number of benzene rings is 2. The highest BCUT2D eigenvalue weighted by atomic mass is 16.4.